The number of benzene rings is 1. The highest BCUT2D eigenvalue weighted by Crippen LogP contribution is 2.32. The fraction of sp³-hybridized carbons (Fsp3) is 0.533. The number of nitrogens with zero attached hydrogens (tertiary/aromatic N) is 3. The molecule has 0 N–H and O–H groups in total. The summed E-state index contributed by atoms with van der Waals surface area (Å²) >= 11 is 0. The SMILES string of the molecule is Cc1nc2ccc(C3(C)CN(C)CCN3C)cc2o1. The van der Waals surface area contributed by atoms with Gasteiger partial charge in [0.25, 0.3) is 0 Å². The lowest BCUT2D eigenvalue weighted by molar-refractivity contribution is 0.0380. The molecule has 2 heterocycles. The molecule has 1 aromatic heterocycles. The van der Waals surface area contributed by atoms with E-state index < -0.39 is 0 Å². The molecule has 1 fully saturated rings. The third kappa shape index (κ3) is 2.05. The average Bonchev–Trinajstić information content (AvgIpc) is 2.73. The van der Waals surface area contributed by atoms with E-state index in [2.05, 4.69) is 54.0 Å². The van der Waals surface area contributed by atoms with E-state index in [-0.39, 0.29) is 5.54 Å². The topological polar surface area (TPSA) is 32.5 Å². The number of fused-ring (bicyclic) bond motifs is 1. The minimum Gasteiger partial charge on any atom is -0.441 e. The molecule has 4 nitrogen and oxygen atoms in total. The molecule has 2 aromatic rings. The summed E-state index contributed by atoms with van der Waals surface area (Å²) in [5, 5.41) is 0. The van der Waals surface area contributed by atoms with Crippen molar-refractivity contribution in [2.75, 3.05) is 33.7 Å². The predicted molar refractivity (Wildman–Crippen MR) is 76.2 cm³/mol. The molecule has 4 heteroatoms. The van der Waals surface area contributed by atoms with Gasteiger partial charge in [0, 0.05) is 26.6 Å². The van der Waals surface area contributed by atoms with Crippen molar-refractivity contribution in [3.05, 3.63) is 29.7 Å². The van der Waals surface area contributed by atoms with Gasteiger partial charge in [-0.1, -0.05) is 6.07 Å². The third-order valence-electron chi connectivity index (χ3n) is 4.35. The van der Waals surface area contributed by atoms with Crippen LogP contribution in [0.25, 0.3) is 11.1 Å². The maximum absolute atomic E-state index is 5.66. The summed E-state index contributed by atoms with van der Waals surface area (Å²) in [7, 11) is 4.38. The summed E-state index contributed by atoms with van der Waals surface area (Å²) in [4.78, 5) is 9.18. The fourth-order valence-corrected chi connectivity index (χ4v) is 2.98. The van der Waals surface area contributed by atoms with Gasteiger partial charge in [-0.25, -0.2) is 4.98 Å². The zero-order valence-corrected chi connectivity index (χ0v) is 12.1. The van der Waals surface area contributed by atoms with Crippen molar-refractivity contribution in [1.82, 2.24) is 14.8 Å². The van der Waals surface area contributed by atoms with Gasteiger partial charge in [-0.05, 0) is 38.7 Å². The van der Waals surface area contributed by atoms with Crippen molar-refractivity contribution in [1.29, 1.82) is 0 Å². The van der Waals surface area contributed by atoms with Crippen LogP contribution in [0.2, 0.25) is 0 Å². The Morgan fingerprint density at radius 3 is 2.84 bits per heavy atom. The highest BCUT2D eigenvalue weighted by molar-refractivity contribution is 5.73. The zero-order valence-electron chi connectivity index (χ0n) is 12.1. The maximum atomic E-state index is 5.66. The van der Waals surface area contributed by atoms with E-state index in [0.29, 0.717) is 0 Å². The summed E-state index contributed by atoms with van der Waals surface area (Å²) in [6.45, 7) is 7.42. The first-order chi connectivity index (χ1) is 8.99. The van der Waals surface area contributed by atoms with E-state index in [4.69, 9.17) is 4.42 Å². The third-order valence-corrected chi connectivity index (χ3v) is 4.35. The molecule has 1 aliphatic heterocycles. The van der Waals surface area contributed by atoms with Gasteiger partial charge in [0.05, 0.1) is 5.54 Å². The number of hydrogen-bond acceptors (Lipinski definition) is 4. The fourth-order valence-electron chi connectivity index (χ4n) is 2.98. The van der Waals surface area contributed by atoms with E-state index in [9.17, 15) is 0 Å². The molecule has 1 atom stereocenters. The number of aryl methyl sites for hydroxylation is 1. The number of oxazole rings is 1. The van der Waals surface area contributed by atoms with Crippen LogP contribution in [0.15, 0.2) is 22.6 Å². The summed E-state index contributed by atoms with van der Waals surface area (Å²) in [6, 6.07) is 6.39. The highest BCUT2D eigenvalue weighted by Gasteiger charge is 2.36. The summed E-state index contributed by atoms with van der Waals surface area (Å²) in [5.74, 6) is 0.728. The van der Waals surface area contributed by atoms with E-state index in [1.807, 2.05) is 6.92 Å². The van der Waals surface area contributed by atoms with Gasteiger partial charge >= 0.3 is 0 Å². The largest absolute Gasteiger partial charge is 0.441 e. The first-order valence-electron chi connectivity index (χ1n) is 6.76. The zero-order chi connectivity index (χ0) is 13.6. The summed E-state index contributed by atoms with van der Waals surface area (Å²) in [5.41, 5.74) is 3.15. The van der Waals surface area contributed by atoms with Gasteiger partial charge in [-0.3, -0.25) is 4.90 Å². The molecule has 3 rings (SSSR count). The van der Waals surface area contributed by atoms with E-state index >= 15 is 0 Å². The Balaban J connectivity index is 2.06. The quantitative estimate of drug-likeness (QED) is 0.786. The monoisotopic (exact) mass is 259 g/mol. The maximum Gasteiger partial charge on any atom is 0.192 e. The Hall–Kier alpha value is -1.39. The van der Waals surface area contributed by atoms with Crippen LogP contribution in [-0.4, -0.2) is 48.5 Å². The molecule has 1 aromatic carbocycles. The molecule has 1 aliphatic rings. The molecule has 1 unspecified atom stereocenters. The normalized spacial score (nSPS) is 26.1. The van der Waals surface area contributed by atoms with Crippen LogP contribution in [0.3, 0.4) is 0 Å². The predicted octanol–water partition coefficient (Wildman–Crippen LogP) is 2.23. The molecular weight excluding hydrogens is 238 g/mol. The first-order valence-corrected chi connectivity index (χ1v) is 6.76. The molecule has 0 bridgehead atoms. The molecule has 102 valence electrons. The molecule has 0 saturated carbocycles. The summed E-state index contributed by atoms with van der Waals surface area (Å²) in [6.07, 6.45) is 0. The van der Waals surface area contributed by atoms with E-state index in [1.54, 1.807) is 0 Å². The Morgan fingerprint density at radius 2 is 2.05 bits per heavy atom. The second-order valence-corrected chi connectivity index (χ2v) is 5.85. The van der Waals surface area contributed by atoms with Gasteiger partial charge in [0.2, 0.25) is 0 Å². The van der Waals surface area contributed by atoms with Gasteiger partial charge in [0.1, 0.15) is 5.52 Å². The number of hydrogen-bond donors (Lipinski definition) is 0. The van der Waals surface area contributed by atoms with Crippen LogP contribution in [0.1, 0.15) is 18.4 Å². The van der Waals surface area contributed by atoms with Crippen molar-refractivity contribution in [3.63, 3.8) is 0 Å². The van der Waals surface area contributed by atoms with Crippen molar-refractivity contribution >= 4 is 11.1 Å². The lowest BCUT2D eigenvalue weighted by Crippen LogP contribution is -2.56. The summed E-state index contributed by atoms with van der Waals surface area (Å²) < 4.78 is 5.66. The van der Waals surface area contributed by atoms with Gasteiger partial charge in [-0.2, -0.15) is 0 Å². The second-order valence-electron chi connectivity index (χ2n) is 5.85. The Bertz CT molecular complexity index is 606. The van der Waals surface area contributed by atoms with Crippen molar-refractivity contribution in [3.8, 4) is 0 Å². The lowest BCUT2D eigenvalue weighted by atomic mass is 9.88. The van der Waals surface area contributed by atoms with Crippen molar-refractivity contribution in [2.24, 2.45) is 0 Å². The molecule has 0 aliphatic carbocycles. The smallest absolute Gasteiger partial charge is 0.192 e. The number of piperazine rings is 1. The molecular formula is C15H21N3O. The van der Waals surface area contributed by atoms with Crippen molar-refractivity contribution < 1.29 is 4.42 Å². The molecule has 1 saturated heterocycles. The van der Waals surface area contributed by atoms with Gasteiger partial charge in [0.15, 0.2) is 11.5 Å². The van der Waals surface area contributed by atoms with Crippen molar-refractivity contribution in [2.45, 2.75) is 19.4 Å². The number of likely N-dealkylation sites (N-methyl/N-ethyl adjacent to an activating group) is 2. The van der Waals surface area contributed by atoms with Crippen LogP contribution in [-0.2, 0) is 5.54 Å². The average molecular weight is 259 g/mol. The van der Waals surface area contributed by atoms with E-state index in [0.717, 1.165) is 36.6 Å². The standard InChI is InChI=1S/C15H21N3O/c1-11-16-13-6-5-12(9-14(13)19-11)15(2)10-17(3)7-8-18(15)4/h5-6,9H,7-8,10H2,1-4H3. The van der Waals surface area contributed by atoms with Crippen LogP contribution in [0.4, 0.5) is 0 Å². The Kier molecular flexibility index (Phi) is 2.87. The highest BCUT2D eigenvalue weighted by atomic mass is 16.3. The molecule has 0 spiro atoms. The molecule has 0 radical (unpaired) electrons. The van der Waals surface area contributed by atoms with Gasteiger partial charge in [-0.15, -0.1) is 0 Å². The first kappa shape index (κ1) is 12.6. The van der Waals surface area contributed by atoms with Gasteiger partial charge < -0.3 is 9.32 Å². The second kappa shape index (κ2) is 4.32. The minimum atomic E-state index is 0.0296. The van der Waals surface area contributed by atoms with Crippen LogP contribution < -0.4 is 0 Å². The van der Waals surface area contributed by atoms with Crippen LogP contribution >= 0.6 is 0 Å². The minimum absolute atomic E-state index is 0.0296. The molecule has 19 heavy (non-hydrogen) atoms. The Labute approximate surface area is 114 Å². The van der Waals surface area contributed by atoms with E-state index in [1.165, 1.54) is 5.56 Å². The Morgan fingerprint density at radius 1 is 1.26 bits per heavy atom. The number of aromatic nitrogens is 1. The lowest BCUT2D eigenvalue weighted by Gasteiger charge is -2.46. The van der Waals surface area contributed by atoms with Crippen LogP contribution in [0.5, 0.6) is 0 Å². The number of rotatable bonds is 1. The van der Waals surface area contributed by atoms with Crippen LogP contribution in [0, 0.1) is 6.92 Å². The molecule has 0 amide bonds.